The molecule has 0 radical (unpaired) electrons. The number of aromatic nitrogens is 1. The molecular formula is C18H25IN4O3. The van der Waals surface area contributed by atoms with E-state index < -0.39 is 0 Å². The van der Waals surface area contributed by atoms with Gasteiger partial charge in [-0.1, -0.05) is 19.0 Å². The van der Waals surface area contributed by atoms with E-state index in [2.05, 4.69) is 15.5 Å². The molecule has 0 atom stereocenters. The zero-order valence-electron chi connectivity index (χ0n) is 15.1. The van der Waals surface area contributed by atoms with E-state index in [0.717, 1.165) is 53.5 Å². The summed E-state index contributed by atoms with van der Waals surface area (Å²) in [5.41, 5.74) is 8.79. The Morgan fingerprint density at radius 3 is 2.69 bits per heavy atom. The van der Waals surface area contributed by atoms with Gasteiger partial charge >= 0.3 is 0 Å². The summed E-state index contributed by atoms with van der Waals surface area (Å²) in [7, 11) is 0. The average molecular weight is 472 g/mol. The molecule has 0 fully saturated rings. The molecular weight excluding hydrogens is 447 g/mol. The van der Waals surface area contributed by atoms with Gasteiger partial charge in [0.1, 0.15) is 5.76 Å². The molecule has 7 nitrogen and oxygen atoms in total. The molecule has 0 saturated heterocycles. The molecule has 0 amide bonds. The minimum Gasteiger partial charge on any atom is -0.490 e. The summed E-state index contributed by atoms with van der Waals surface area (Å²) < 4.78 is 16.7. The second-order valence-electron chi connectivity index (χ2n) is 5.78. The minimum atomic E-state index is 0. The third-order valence-corrected chi connectivity index (χ3v) is 4.03. The Bertz CT molecular complexity index is 739. The van der Waals surface area contributed by atoms with Gasteiger partial charge in [0.25, 0.3) is 0 Å². The lowest BCUT2D eigenvalue weighted by atomic mass is 10.1. The third-order valence-electron chi connectivity index (χ3n) is 4.03. The summed E-state index contributed by atoms with van der Waals surface area (Å²) in [6, 6.07) is 5.64. The lowest BCUT2D eigenvalue weighted by Crippen LogP contribution is -2.22. The van der Waals surface area contributed by atoms with Crippen LogP contribution in [0.1, 0.15) is 37.3 Å². The van der Waals surface area contributed by atoms with Crippen molar-refractivity contribution in [3.63, 3.8) is 0 Å². The SMILES string of the molecule is CCc1noc(CC)c1CN=C(N)Nc1ccc2c(c1)OCCCO2.I. The molecule has 26 heavy (non-hydrogen) atoms. The fourth-order valence-electron chi connectivity index (χ4n) is 2.71. The quantitative estimate of drug-likeness (QED) is 0.393. The van der Waals surface area contributed by atoms with E-state index in [1.165, 1.54) is 0 Å². The van der Waals surface area contributed by atoms with Gasteiger partial charge in [-0.05, 0) is 18.6 Å². The van der Waals surface area contributed by atoms with Crippen molar-refractivity contribution < 1.29 is 14.0 Å². The number of hydrogen-bond acceptors (Lipinski definition) is 5. The fraction of sp³-hybridized carbons (Fsp3) is 0.444. The number of hydrogen-bond donors (Lipinski definition) is 2. The molecule has 3 rings (SSSR count). The number of guanidine groups is 1. The number of benzene rings is 1. The van der Waals surface area contributed by atoms with E-state index in [1.807, 2.05) is 32.0 Å². The van der Waals surface area contributed by atoms with Crippen LogP contribution in [0.15, 0.2) is 27.7 Å². The Hall–Kier alpha value is -1.97. The molecule has 8 heteroatoms. The van der Waals surface area contributed by atoms with Gasteiger partial charge in [0.15, 0.2) is 17.5 Å². The second-order valence-corrected chi connectivity index (χ2v) is 5.78. The zero-order chi connectivity index (χ0) is 17.6. The Morgan fingerprint density at radius 1 is 1.19 bits per heavy atom. The first-order valence-electron chi connectivity index (χ1n) is 8.64. The molecule has 1 aliphatic rings. The number of fused-ring (bicyclic) bond motifs is 1. The average Bonchev–Trinajstić information content (AvgIpc) is 2.88. The van der Waals surface area contributed by atoms with Crippen LogP contribution in [0, 0.1) is 0 Å². The summed E-state index contributed by atoms with van der Waals surface area (Å²) >= 11 is 0. The predicted octanol–water partition coefficient (Wildman–Crippen LogP) is 3.51. The van der Waals surface area contributed by atoms with Crippen LogP contribution in [0.3, 0.4) is 0 Å². The number of halogens is 1. The number of aryl methyl sites for hydroxylation is 2. The number of nitrogens with zero attached hydrogens (tertiary/aromatic N) is 2. The van der Waals surface area contributed by atoms with Gasteiger partial charge in [-0.15, -0.1) is 24.0 Å². The molecule has 1 aromatic heterocycles. The lowest BCUT2D eigenvalue weighted by molar-refractivity contribution is 0.297. The van der Waals surface area contributed by atoms with E-state index in [1.54, 1.807) is 0 Å². The van der Waals surface area contributed by atoms with E-state index in [9.17, 15) is 0 Å². The van der Waals surface area contributed by atoms with Crippen molar-refractivity contribution in [3.05, 3.63) is 35.2 Å². The Kier molecular flexibility index (Phi) is 7.55. The van der Waals surface area contributed by atoms with Crippen LogP contribution < -0.4 is 20.5 Å². The molecule has 0 aliphatic carbocycles. The first-order valence-corrected chi connectivity index (χ1v) is 8.64. The maximum absolute atomic E-state index is 6.03. The molecule has 0 bridgehead atoms. The van der Waals surface area contributed by atoms with Crippen LogP contribution in [-0.4, -0.2) is 24.3 Å². The molecule has 0 unspecified atom stereocenters. The van der Waals surface area contributed by atoms with Crippen LogP contribution in [0.25, 0.3) is 0 Å². The van der Waals surface area contributed by atoms with Crippen molar-refractivity contribution in [1.82, 2.24) is 5.16 Å². The number of rotatable bonds is 5. The number of aliphatic imine (C=N–C) groups is 1. The van der Waals surface area contributed by atoms with Gasteiger partial charge < -0.3 is 25.0 Å². The monoisotopic (exact) mass is 472 g/mol. The fourth-order valence-corrected chi connectivity index (χ4v) is 2.71. The van der Waals surface area contributed by atoms with Crippen LogP contribution in [-0.2, 0) is 19.4 Å². The normalized spacial score (nSPS) is 13.7. The highest BCUT2D eigenvalue weighted by Gasteiger charge is 2.13. The summed E-state index contributed by atoms with van der Waals surface area (Å²) in [5, 5.41) is 7.18. The van der Waals surface area contributed by atoms with Crippen molar-refractivity contribution in [2.45, 2.75) is 39.7 Å². The molecule has 3 N–H and O–H groups in total. The maximum atomic E-state index is 6.03. The van der Waals surface area contributed by atoms with E-state index >= 15 is 0 Å². The molecule has 142 valence electrons. The maximum Gasteiger partial charge on any atom is 0.193 e. The first kappa shape index (κ1) is 20.3. The standard InChI is InChI=1S/C18H24N4O3.HI/c1-3-14-13(15(4-2)25-22-14)11-20-18(19)21-12-6-7-16-17(10-12)24-9-5-8-23-16;/h6-7,10H,3-5,8-9,11H2,1-2H3,(H3,19,20,21);1H. The summed E-state index contributed by atoms with van der Waals surface area (Å²) in [6.07, 6.45) is 2.47. The van der Waals surface area contributed by atoms with Crippen molar-refractivity contribution in [3.8, 4) is 11.5 Å². The largest absolute Gasteiger partial charge is 0.490 e. The number of nitrogens with one attached hydrogen (secondary N) is 1. The van der Waals surface area contributed by atoms with Crippen LogP contribution >= 0.6 is 24.0 Å². The van der Waals surface area contributed by atoms with Crippen LogP contribution in [0.5, 0.6) is 11.5 Å². The second kappa shape index (κ2) is 9.65. The highest BCUT2D eigenvalue weighted by molar-refractivity contribution is 14.0. The van der Waals surface area contributed by atoms with E-state index in [0.29, 0.717) is 25.7 Å². The van der Waals surface area contributed by atoms with Crippen molar-refractivity contribution in [1.29, 1.82) is 0 Å². The summed E-state index contributed by atoms with van der Waals surface area (Å²) in [5.74, 6) is 2.67. The first-order chi connectivity index (χ1) is 12.2. The van der Waals surface area contributed by atoms with Gasteiger partial charge in [0.05, 0.1) is 25.5 Å². The summed E-state index contributed by atoms with van der Waals surface area (Å²) in [6.45, 7) is 5.84. The van der Waals surface area contributed by atoms with Gasteiger partial charge in [-0.25, -0.2) is 4.99 Å². The number of nitrogens with two attached hydrogens (primary N) is 1. The lowest BCUT2D eigenvalue weighted by Gasteiger charge is -2.10. The Labute approximate surface area is 170 Å². The molecule has 0 spiro atoms. The molecule has 2 aromatic rings. The highest BCUT2D eigenvalue weighted by atomic mass is 127. The minimum absolute atomic E-state index is 0. The Balaban J connectivity index is 0.00000243. The smallest absolute Gasteiger partial charge is 0.193 e. The van der Waals surface area contributed by atoms with Crippen molar-refractivity contribution >= 4 is 35.6 Å². The predicted molar refractivity (Wildman–Crippen MR) is 112 cm³/mol. The van der Waals surface area contributed by atoms with E-state index in [-0.39, 0.29) is 24.0 Å². The third kappa shape index (κ3) is 4.80. The van der Waals surface area contributed by atoms with Gasteiger partial charge in [0, 0.05) is 30.2 Å². The van der Waals surface area contributed by atoms with Crippen LogP contribution in [0.4, 0.5) is 5.69 Å². The molecule has 2 heterocycles. The molecule has 1 aromatic carbocycles. The molecule has 1 aliphatic heterocycles. The Morgan fingerprint density at radius 2 is 1.96 bits per heavy atom. The van der Waals surface area contributed by atoms with E-state index in [4.69, 9.17) is 19.7 Å². The topological polar surface area (TPSA) is 94.9 Å². The van der Waals surface area contributed by atoms with Gasteiger partial charge in [-0.2, -0.15) is 0 Å². The summed E-state index contributed by atoms with van der Waals surface area (Å²) in [4.78, 5) is 4.42. The van der Waals surface area contributed by atoms with Crippen molar-refractivity contribution in [2.24, 2.45) is 10.7 Å². The number of ether oxygens (including phenoxy) is 2. The van der Waals surface area contributed by atoms with Crippen molar-refractivity contribution in [2.75, 3.05) is 18.5 Å². The zero-order valence-corrected chi connectivity index (χ0v) is 17.4. The van der Waals surface area contributed by atoms with Gasteiger partial charge in [0.2, 0.25) is 0 Å². The van der Waals surface area contributed by atoms with Crippen LogP contribution in [0.2, 0.25) is 0 Å². The number of anilines is 1. The highest BCUT2D eigenvalue weighted by Crippen LogP contribution is 2.32. The molecule has 0 saturated carbocycles. The van der Waals surface area contributed by atoms with Gasteiger partial charge in [-0.3, -0.25) is 0 Å².